The number of halogens is 2. The van der Waals surface area contributed by atoms with Gasteiger partial charge in [0, 0.05) is 44.2 Å². The Labute approximate surface area is 177 Å². The van der Waals surface area contributed by atoms with E-state index in [1.54, 1.807) is 12.1 Å². The second-order valence-electron chi connectivity index (χ2n) is 8.31. The molecule has 2 saturated heterocycles. The molecule has 2 aliphatic rings. The Balaban J connectivity index is 1.28. The third-order valence-electron chi connectivity index (χ3n) is 6.16. The molecule has 2 aromatic rings. The first-order valence-corrected chi connectivity index (χ1v) is 10.8. The second kappa shape index (κ2) is 9.52. The van der Waals surface area contributed by atoms with Gasteiger partial charge in [0.05, 0.1) is 13.2 Å². The minimum Gasteiger partial charge on any atom is -0.343 e. The molecule has 2 heterocycles. The standard InChI is InChI=1S/C24H30F2N2O2/c1-19-17-27(18-20-3-7-22(25)8-4-20)13-14-28(19)12-2-11-24(29-15-16-30-24)21-5-9-23(26)10-6-21/h3-10,19H,2,11-18H2,1H3. The van der Waals surface area contributed by atoms with Crippen LogP contribution in [0.2, 0.25) is 0 Å². The molecular weight excluding hydrogens is 386 g/mol. The molecule has 4 nitrogen and oxygen atoms in total. The Bertz CT molecular complexity index is 807. The van der Waals surface area contributed by atoms with E-state index in [2.05, 4.69) is 16.7 Å². The highest BCUT2D eigenvalue weighted by atomic mass is 19.1. The normalized spacial score (nSPS) is 22.4. The van der Waals surface area contributed by atoms with Gasteiger partial charge in [0.1, 0.15) is 11.6 Å². The van der Waals surface area contributed by atoms with Crippen molar-refractivity contribution in [2.75, 3.05) is 39.4 Å². The monoisotopic (exact) mass is 416 g/mol. The molecule has 0 aromatic heterocycles. The van der Waals surface area contributed by atoms with Crippen LogP contribution < -0.4 is 0 Å². The summed E-state index contributed by atoms with van der Waals surface area (Å²) in [5.74, 6) is -1.19. The fourth-order valence-corrected chi connectivity index (χ4v) is 4.52. The van der Waals surface area contributed by atoms with Crippen molar-refractivity contribution in [3.05, 3.63) is 71.3 Å². The van der Waals surface area contributed by atoms with Gasteiger partial charge < -0.3 is 9.47 Å². The molecule has 0 amide bonds. The largest absolute Gasteiger partial charge is 0.343 e. The molecule has 0 bridgehead atoms. The second-order valence-corrected chi connectivity index (χ2v) is 8.31. The minimum atomic E-state index is -0.749. The Morgan fingerprint density at radius 1 is 0.933 bits per heavy atom. The van der Waals surface area contributed by atoms with E-state index in [1.165, 1.54) is 24.3 Å². The zero-order valence-electron chi connectivity index (χ0n) is 17.5. The molecule has 30 heavy (non-hydrogen) atoms. The summed E-state index contributed by atoms with van der Waals surface area (Å²) < 4.78 is 38.4. The fraction of sp³-hybridized carbons (Fsp3) is 0.500. The van der Waals surface area contributed by atoms with Gasteiger partial charge in [-0.05, 0) is 49.7 Å². The van der Waals surface area contributed by atoms with Crippen molar-refractivity contribution in [2.24, 2.45) is 0 Å². The summed E-state index contributed by atoms with van der Waals surface area (Å²) in [5, 5.41) is 0. The molecule has 2 fully saturated rings. The molecule has 6 heteroatoms. The molecule has 0 N–H and O–H groups in total. The molecule has 1 unspecified atom stereocenters. The van der Waals surface area contributed by atoms with Crippen LogP contribution in [0, 0.1) is 11.6 Å². The van der Waals surface area contributed by atoms with Crippen molar-refractivity contribution in [2.45, 2.75) is 38.1 Å². The van der Waals surface area contributed by atoms with Gasteiger partial charge in [-0.25, -0.2) is 8.78 Å². The van der Waals surface area contributed by atoms with Crippen LogP contribution in [-0.4, -0.2) is 55.2 Å². The summed E-state index contributed by atoms with van der Waals surface area (Å²) in [6, 6.07) is 13.7. The zero-order chi connectivity index (χ0) is 21.0. The van der Waals surface area contributed by atoms with Crippen molar-refractivity contribution in [3.8, 4) is 0 Å². The first-order chi connectivity index (χ1) is 14.5. The topological polar surface area (TPSA) is 24.9 Å². The lowest BCUT2D eigenvalue weighted by Crippen LogP contribution is -2.51. The maximum Gasteiger partial charge on any atom is 0.195 e. The quantitative estimate of drug-likeness (QED) is 0.677. The van der Waals surface area contributed by atoms with Crippen molar-refractivity contribution < 1.29 is 18.3 Å². The Morgan fingerprint density at radius 3 is 2.20 bits per heavy atom. The molecule has 162 valence electrons. The number of piperazine rings is 1. The molecule has 2 aromatic carbocycles. The Kier molecular flexibility index (Phi) is 6.78. The van der Waals surface area contributed by atoms with Crippen LogP contribution in [0.15, 0.2) is 48.5 Å². The average molecular weight is 417 g/mol. The molecule has 2 aliphatic heterocycles. The van der Waals surface area contributed by atoms with Crippen molar-refractivity contribution in [3.63, 3.8) is 0 Å². The summed E-state index contributed by atoms with van der Waals surface area (Å²) in [7, 11) is 0. The number of rotatable bonds is 7. The van der Waals surface area contributed by atoms with Gasteiger partial charge in [-0.3, -0.25) is 9.80 Å². The van der Waals surface area contributed by atoms with E-state index in [9.17, 15) is 8.78 Å². The van der Waals surface area contributed by atoms with Crippen LogP contribution in [0.3, 0.4) is 0 Å². The van der Waals surface area contributed by atoms with Crippen LogP contribution in [0.25, 0.3) is 0 Å². The molecule has 4 rings (SSSR count). The number of nitrogens with zero attached hydrogens (tertiary/aromatic N) is 2. The highest BCUT2D eigenvalue weighted by Gasteiger charge is 2.38. The lowest BCUT2D eigenvalue weighted by molar-refractivity contribution is -0.172. The van der Waals surface area contributed by atoms with E-state index in [0.29, 0.717) is 19.3 Å². The van der Waals surface area contributed by atoms with Gasteiger partial charge in [0.15, 0.2) is 5.79 Å². The van der Waals surface area contributed by atoms with Crippen LogP contribution >= 0.6 is 0 Å². The number of hydrogen-bond acceptors (Lipinski definition) is 4. The van der Waals surface area contributed by atoms with Gasteiger partial charge in [-0.2, -0.15) is 0 Å². The van der Waals surface area contributed by atoms with Crippen LogP contribution in [0.1, 0.15) is 30.9 Å². The molecular formula is C24H30F2N2O2. The van der Waals surface area contributed by atoms with E-state index in [1.807, 2.05) is 12.1 Å². The van der Waals surface area contributed by atoms with E-state index < -0.39 is 5.79 Å². The molecule has 1 atom stereocenters. The van der Waals surface area contributed by atoms with Gasteiger partial charge in [0.2, 0.25) is 0 Å². The lowest BCUT2D eigenvalue weighted by Gasteiger charge is -2.40. The van der Waals surface area contributed by atoms with Crippen LogP contribution in [0.5, 0.6) is 0 Å². The maximum absolute atomic E-state index is 13.3. The Hall–Kier alpha value is -1.86. The van der Waals surface area contributed by atoms with Crippen molar-refractivity contribution in [1.82, 2.24) is 9.80 Å². The zero-order valence-corrected chi connectivity index (χ0v) is 17.5. The van der Waals surface area contributed by atoms with Crippen molar-refractivity contribution in [1.29, 1.82) is 0 Å². The number of ether oxygens (including phenoxy) is 2. The summed E-state index contributed by atoms with van der Waals surface area (Å²) >= 11 is 0. The maximum atomic E-state index is 13.3. The third-order valence-corrected chi connectivity index (χ3v) is 6.16. The van der Waals surface area contributed by atoms with Crippen LogP contribution in [-0.2, 0) is 21.8 Å². The van der Waals surface area contributed by atoms with E-state index in [0.717, 1.165) is 56.7 Å². The number of benzene rings is 2. The first kappa shape index (κ1) is 21.4. The lowest BCUT2D eigenvalue weighted by atomic mass is 10.00. The SMILES string of the molecule is CC1CN(Cc2ccc(F)cc2)CCN1CCCC1(c2ccc(F)cc2)OCCO1. The molecule has 0 spiro atoms. The summed E-state index contributed by atoms with van der Waals surface area (Å²) in [6.07, 6.45) is 1.70. The molecule has 0 radical (unpaired) electrons. The summed E-state index contributed by atoms with van der Waals surface area (Å²) in [4.78, 5) is 4.94. The molecule has 0 aliphatic carbocycles. The van der Waals surface area contributed by atoms with Gasteiger partial charge in [0.25, 0.3) is 0 Å². The van der Waals surface area contributed by atoms with Crippen LogP contribution in [0.4, 0.5) is 8.78 Å². The average Bonchev–Trinajstić information content (AvgIpc) is 3.22. The molecule has 0 saturated carbocycles. The summed E-state index contributed by atoms with van der Waals surface area (Å²) in [5.41, 5.74) is 2.03. The minimum absolute atomic E-state index is 0.189. The van der Waals surface area contributed by atoms with Gasteiger partial charge in [-0.15, -0.1) is 0 Å². The fourth-order valence-electron chi connectivity index (χ4n) is 4.52. The van der Waals surface area contributed by atoms with Crippen molar-refractivity contribution >= 4 is 0 Å². The highest BCUT2D eigenvalue weighted by Crippen LogP contribution is 2.36. The predicted molar refractivity (Wildman–Crippen MR) is 112 cm³/mol. The third kappa shape index (κ3) is 5.06. The smallest absolute Gasteiger partial charge is 0.195 e. The Morgan fingerprint density at radius 2 is 1.57 bits per heavy atom. The first-order valence-electron chi connectivity index (χ1n) is 10.8. The van der Waals surface area contributed by atoms with Gasteiger partial charge >= 0.3 is 0 Å². The summed E-state index contributed by atoms with van der Waals surface area (Å²) in [6.45, 7) is 8.22. The van der Waals surface area contributed by atoms with Gasteiger partial charge in [-0.1, -0.05) is 24.3 Å². The highest BCUT2D eigenvalue weighted by molar-refractivity contribution is 5.22. The predicted octanol–water partition coefficient (Wildman–Crippen LogP) is 4.15. The number of hydrogen-bond donors (Lipinski definition) is 0. The van der Waals surface area contributed by atoms with E-state index >= 15 is 0 Å². The van der Waals surface area contributed by atoms with E-state index in [4.69, 9.17) is 9.47 Å². The van der Waals surface area contributed by atoms with E-state index in [-0.39, 0.29) is 11.6 Å².